The summed E-state index contributed by atoms with van der Waals surface area (Å²) < 4.78 is 144. The Morgan fingerprint density at radius 2 is 1.41 bits per heavy atom. The van der Waals surface area contributed by atoms with Gasteiger partial charge >= 0.3 is 30.2 Å². The topological polar surface area (TPSA) is 44.1 Å². The van der Waals surface area contributed by atoms with E-state index in [1.165, 1.54) is 0 Å². The quantitative estimate of drug-likeness (QED) is 0.617. The molecule has 0 amide bonds. The van der Waals surface area contributed by atoms with Crippen molar-refractivity contribution in [3.05, 3.63) is 16.4 Å². The van der Waals surface area contributed by atoms with Crippen LogP contribution in [0, 0.1) is 6.92 Å². The summed E-state index contributed by atoms with van der Waals surface area (Å²) in [4.78, 5) is 11.2. The highest BCUT2D eigenvalue weighted by molar-refractivity contribution is 6.32. The van der Waals surface area contributed by atoms with Gasteiger partial charge in [-0.1, -0.05) is 11.6 Å². The molecular weight excluding hydrogens is 437 g/mol. The van der Waals surface area contributed by atoms with Gasteiger partial charge in [-0.2, -0.15) is 53.4 Å². The average molecular weight is 443 g/mol. The van der Waals surface area contributed by atoms with Crippen LogP contribution < -0.4 is 0 Å². The van der Waals surface area contributed by atoms with E-state index in [0.29, 0.717) is 6.92 Å². The van der Waals surface area contributed by atoms with Crippen molar-refractivity contribution in [1.29, 1.82) is 0 Å². The molecule has 0 aliphatic carbocycles. The number of nitrogens with zero attached hydrogens (tertiary/aromatic N) is 2. The number of hydrogen-bond acceptors (Lipinski definition) is 3. The molecular formula is C11H6ClF11N2O2. The van der Waals surface area contributed by atoms with E-state index >= 15 is 0 Å². The minimum atomic E-state index is -7.22. The van der Waals surface area contributed by atoms with Gasteiger partial charge in [-0.3, -0.25) is 9.53 Å². The highest BCUT2D eigenvalue weighted by Gasteiger charge is 2.79. The minimum absolute atomic E-state index is 0.0266. The van der Waals surface area contributed by atoms with Crippen molar-refractivity contribution in [2.75, 3.05) is 0 Å². The molecule has 0 aromatic carbocycles. The SMILES string of the molecule is CC(=O)n1nc([C@](F)(OC(F)(F)C(F)(F)C(F)(F)F)C(F)(F)F)c(Cl)c1C. The van der Waals surface area contributed by atoms with E-state index in [4.69, 9.17) is 11.6 Å². The second-order valence-electron chi connectivity index (χ2n) is 4.96. The first-order valence-electron chi connectivity index (χ1n) is 6.25. The number of rotatable bonds is 4. The molecule has 0 fully saturated rings. The van der Waals surface area contributed by atoms with Gasteiger partial charge in [0.15, 0.2) is 5.69 Å². The highest BCUT2D eigenvalue weighted by atomic mass is 35.5. The standard InChI is InChI=1S/C11H6ClF11N2O2/c1-3-5(12)6(24-25(3)4(2)26)7(13,9(16,17)18)27-11(22,23)8(14,15)10(19,20)21/h1-2H3/t7-/m0/s1. The summed E-state index contributed by atoms with van der Waals surface area (Å²) in [6.45, 7) is 1.43. The van der Waals surface area contributed by atoms with Gasteiger partial charge in [0.1, 0.15) is 0 Å². The summed E-state index contributed by atoms with van der Waals surface area (Å²) in [5.41, 5.74) is -3.11. The molecule has 4 nitrogen and oxygen atoms in total. The lowest BCUT2D eigenvalue weighted by molar-refractivity contribution is -0.488. The average Bonchev–Trinajstić information content (AvgIpc) is 2.72. The number of halogens is 12. The van der Waals surface area contributed by atoms with Crippen LogP contribution in [0.5, 0.6) is 0 Å². The van der Waals surface area contributed by atoms with Crippen LogP contribution in [0.25, 0.3) is 0 Å². The summed E-state index contributed by atoms with van der Waals surface area (Å²) in [5.74, 6) is -14.4. The van der Waals surface area contributed by atoms with E-state index < -0.39 is 52.6 Å². The number of hydrogen-bond donors (Lipinski definition) is 0. The molecule has 0 unspecified atom stereocenters. The largest absolute Gasteiger partial charge is 0.462 e. The molecule has 0 aliphatic rings. The Kier molecular flexibility index (Phi) is 5.60. The van der Waals surface area contributed by atoms with Gasteiger partial charge in [-0.25, -0.2) is 4.68 Å². The van der Waals surface area contributed by atoms with Gasteiger partial charge in [0.2, 0.25) is 5.91 Å². The maximum Gasteiger partial charge on any atom is 0.462 e. The lowest BCUT2D eigenvalue weighted by Crippen LogP contribution is -2.58. The Bertz CT molecular complexity index is 740. The monoisotopic (exact) mass is 442 g/mol. The molecule has 1 rings (SSSR count). The normalized spacial score (nSPS) is 16.4. The van der Waals surface area contributed by atoms with Gasteiger partial charge in [0.05, 0.1) is 10.7 Å². The van der Waals surface area contributed by atoms with Crippen molar-refractivity contribution in [3.63, 3.8) is 0 Å². The maximum atomic E-state index is 14.4. The number of ether oxygens (including phenoxy) is 1. The minimum Gasteiger partial charge on any atom is -0.273 e. The smallest absolute Gasteiger partial charge is 0.273 e. The third-order valence-corrected chi connectivity index (χ3v) is 3.45. The van der Waals surface area contributed by atoms with Gasteiger partial charge < -0.3 is 0 Å². The van der Waals surface area contributed by atoms with E-state index in [-0.39, 0.29) is 4.68 Å². The predicted molar refractivity (Wildman–Crippen MR) is 64.1 cm³/mol. The van der Waals surface area contributed by atoms with Crippen LogP contribution in [-0.4, -0.2) is 40.1 Å². The molecule has 0 N–H and O–H groups in total. The second-order valence-corrected chi connectivity index (χ2v) is 5.34. The molecule has 27 heavy (non-hydrogen) atoms. The van der Waals surface area contributed by atoms with Crippen LogP contribution in [0.2, 0.25) is 5.02 Å². The number of carbonyl (C=O) groups is 1. The Balaban J connectivity index is 3.66. The Hall–Kier alpha value is -1.64. The molecule has 1 atom stereocenters. The van der Waals surface area contributed by atoms with Gasteiger partial charge in [-0.05, 0) is 6.92 Å². The second kappa shape index (κ2) is 6.46. The van der Waals surface area contributed by atoms with Gasteiger partial charge in [0, 0.05) is 6.92 Å². The first-order chi connectivity index (χ1) is 11.7. The molecule has 0 radical (unpaired) electrons. The molecule has 0 saturated heterocycles. The van der Waals surface area contributed by atoms with E-state index in [0.717, 1.165) is 6.92 Å². The van der Waals surface area contributed by atoms with E-state index in [9.17, 15) is 53.1 Å². The first kappa shape index (κ1) is 23.4. The van der Waals surface area contributed by atoms with Crippen molar-refractivity contribution in [2.24, 2.45) is 0 Å². The van der Waals surface area contributed by atoms with Crippen molar-refractivity contribution in [3.8, 4) is 0 Å². The summed E-state index contributed by atoms with van der Waals surface area (Å²) >= 11 is 5.27. The first-order valence-corrected chi connectivity index (χ1v) is 6.63. The fourth-order valence-electron chi connectivity index (χ4n) is 1.64. The third-order valence-electron chi connectivity index (χ3n) is 3.00. The van der Waals surface area contributed by atoms with Crippen LogP contribution in [0.3, 0.4) is 0 Å². The molecule has 1 aromatic rings. The van der Waals surface area contributed by atoms with Crippen molar-refractivity contribution in [2.45, 2.75) is 44.1 Å². The molecule has 0 saturated carbocycles. The lowest BCUT2D eigenvalue weighted by Gasteiger charge is -2.34. The molecule has 1 aromatic heterocycles. The zero-order valence-electron chi connectivity index (χ0n) is 12.7. The van der Waals surface area contributed by atoms with Crippen LogP contribution in [0.1, 0.15) is 23.1 Å². The molecule has 156 valence electrons. The number of carbonyl (C=O) groups excluding carboxylic acids is 1. The van der Waals surface area contributed by atoms with Crippen LogP contribution in [0.15, 0.2) is 0 Å². The Labute approximate surface area is 146 Å². The Morgan fingerprint density at radius 3 is 1.70 bits per heavy atom. The number of alkyl halides is 11. The third kappa shape index (κ3) is 3.70. The Morgan fingerprint density at radius 1 is 0.963 bits per heavy atom. The zero-order chi connectivity index (χ0) is 21.8. The summed E-state index contributed by atoms with van der Waals surface area (Å²) in [6, 6.07) is 0. The fraction of sp³-hybridized carbons (Fsp3) is 0.636. The molecule has 0 bridgehead atoms. The van der Waals surface area contributed by atoms with Crippen molar-refractivity contribution < 1.29 is 57.8 Å². The summed E-state index contributed by atoms with van der Waals surface area (Å²) in [5, 5.41) is 1.17. The fourth-order valence-corrected chi connectivity index (χ4v) is 1.88. The van der Waals surface area contributed by atoms with Crippen LogP contribution in [-0.2, 0) is 10.6 Å². The van der Waals surface area contributed by atoms with Gasteiger partial charge in [-0.15, -0.1) is 0 Å². The number of aromatic nitrogens is 2. The lowest BCUT2D eigenvalue weighted by atomic mass is 10.2. The van der Waals surface area contributed by atoms with Crippen molar-refractivity contribution >= 4 is 17.5 Å². The molecule has 1 heterocycles. The van der Waals surface area contributed by atoms with Crippen LogP contribution >= 0.6 is 11.6 Å². The van der Waals surface area contributed by atoms with E-state index in [1.807, 2.05) is 0 Å². The summed E-state index contributed by atoms with van der Waals surface area (Å²) in [6.07, 6.45) is -20.8. The molecule has 0 spiro atoms. The van der Waals surface area contributed by atoms with Gasteiger partial charge in [0.25, 0.3) is 0 Å². The van der Waals surface area contributed by atoms with Crippen molar-refractivity contribution in [1.82, 2.24) is 9.78 Å². The van der Waals surface area contributed by atoms with Crippen LogP contribution in [0.4, 0.5) is 48.3 Å². The zero-order valence-corrected chi connectivity index (χ0v) is 13.5. The highest BCUT2D eigenvalue weighted by Crippen LogP contribution is 2.54. The maximum absolute atomic E-state index is 14.4. The molecule has 0 aliphatic heterocycles. The van der Waals surface area contributed by atoms with E-state index in [1.54, 1.807) is 0 Å². The predicted octanol–water partition coefficient (Wildman–Crippen LogP) is 5.00. The van der Waals surface area contributed by atoms with E-state index in [2.05, 4.69) is 9.84 Å². The summed E-state index contributed by atoms with van der Waals surface area (Å²) in [7, 11) is 0. The molecule has 16 heteroatoms.